The van der Waals surface area contributed by atoms with Crippen molar-refractivity contribution in [2.24, 2.45) is 11.8 Å². The van der Waals surface area contributed by atoms with Crippen molar-refractivity contribution in [1.82, 2.24) is 10.3 Å². The number of alkyl halides is 1. The number of pyridine rings is 1. The summed E-state index contributed by atoms with van der Waals surface area (Å²) in [5.74, 6) is 0.0834. The molecule has 1 amide bonds. The van der Waals surface area contributed by atoms with Crippen LogP contribution in [0.25, 0.3) is 0 Å². The molecule has 8 heteroatoms. The van der Waals surface area contributed by atoms with Crippen molar-refractivity contribution in [3.05, 3.63) is 17.8 Å². The van der Waals surface area contributed by atoms with Gasteiger partial charge in [0, 0.05) is 13.1 Å². The zero-order chi connectivity index (χ0) is 21.5. The van der Waals surface area contributed by atoms with Gasteiger partial charge in [0.05, 0.1) is 12.3 Å². The standard InChI is InChI=1S/C22H32FN3O4/c1-15(2)13-18(22(28)29-12-9-23)24-20(27)17-7-8-19(26-10-3-4-11-26)21(25-17)30-14-16-5-6-16/h7-8,15-16,18H,3-6,9-14H2,1-2H3,(H,24,27). The van der Waals surface area contributed by atoms with Crippen LogP contribution in [0.1, 0.15) is 56.4 Å². The molecule has 1 atom stereocenters. The summed E-state index contributed by atoms with van der Waals surface area (Å²) in [4.78, 5) is 31.8. The number of halogens is 1. The van der Waals surface area contributed by atoms with Gasteiger partial charge in [-0.2, -0.15) is 0 Å². The Labute approximate surface area is 177 Å². The molecule has 0 aromatic carbocycles. The third kappa shape index (κ3) is 6.31. The van der Waals surface area contributed by atoms with E-state index >= 15 is 0 Å². The van der Waals surface area contributed by atoms with Gasteiger partial charge in [-0.05, 0) is 56.1 Å². The molecule has 0 radical (unpaired) electrons. The summed E-state index contributed by atoms with van der Waals surface area (Å²) in [6.45, 7) is 5.31. The van der Waals surface area contributed by atoms with E-state index in [-0.39, 0.29) is 18.2 Å². The number of anilines is 1. The van der Waals surface area contributed by atoms with Gasteiger partial charge in [0.1, 0.15) is 25.0 Å². The van der Waals surface area contributed by atoms with Gasteiger partial charge in [-0.3, -0.25) is 4.79 Å². The van der Waals surface area contributed by atoms with Crippen LogP contribution in [-0.2, 0) is 9.53 Å². The van der Waals surface area contributed by atoms with Crippen LogP contribution in [-0.4, -0.2) is 55.9 Å². The Morgan fingerprint density at radius 2 is 2.00 bits per heavy atom. The number of aromatic nitrogens is 1. The van der Waals surface area contributed by atoms with Crippen LogP contribution < -0.4 is 15.0 Å². The Morgan fingerprint density at radius 1 is 1.27 bits per heavy atom. The fourth-order valence-electron chi connectivity index (χ4n) is 3.50. The van der Waals surface area contributed by atoms with Gasteiger partial charge in [-0.15, -0.1) is 0 Å². The molecule has 2 fully saturated rings. The van der Waals surface area contributed by atoms with Crippen molar-refractivity contribution in [3.63, 3.8) is 0 Å². The molecule has 2 heterocycles. The Bertz CT molecular complexity index is 733. The smallest absolute Gasteiger partial charge is 0.328 e. The Balaban J connectivity index is 1.73. The van der Waals surface area contributed by atoms with Gasteiger partial charge in [0.15, 0.2) is 0 Å². The minimum absolute atomic E-state index is 0.149. The van der Waals surface area contributed by atoms with E-state index in [9.17, 15) is 14.0 Å². The van der Waals surface area contributed by atoms with Crippen LogP contribution in [0.15, 0.2) is 12.1 Å². The first-order chi connectivity index (χ1) is 14.5. The third-order valence-corrected chi connectivity index (χ3v) is 5.29. The lowest BCUT2D eigenvalue weighted by atomic mass is 10.0. The van der Waals surface area contributed by atoms with Gasteiger partial charge in [0.25, 0.3) is 5.91 Å². The second-order valence-corrected chi connectivity index (χ2v) is 8.48. The second kappa shape index (κ2) is 10.6. The van der Waals surface area contributed by atoms with Crippen LogP contribution in [0, 0.1) is 11.8 Å². The molecule has 30 heavy (non-hydrogen) atoms. The maximum absolute atomic E-state index is 12.8. The lowest BCUT2D eigenvalue weighted by molar-refractivity contribution is -0.146. The predicted octanol–water partition coefficient (Wildman–Crippen LogP) is 3.13. The number of nitrogens with zero attached hydrogens (tertiary/aromatic N) is 2. The van der Waals surface area contributed by atoms with Crippen molar-refractivity contribution < 1.29 is 23.5 Å². The van der Waals surface area contributed by atoms with Gasteiger partial charge in [-0.1, -0.05) is 13.8 Å². The van der Waals surface area contributed by atoms with Crippen molar-refractivity contribution in [2.45, 2.75) is 52.0 Å². The molecule has 3 rings (SSSR count). The highest BCUT2D eigenvalue weighted by molar-refractivity contribution is 5.95. The van der Waals surface area contributed by atoms with Crippen LogP contribution in [0.3, 0.4) is 0 Å². The minimum Gasteiger partial charge on any atom is -0.476 e. The van der Waals surface area contributed by atoms with Crippen LogP contribution in [0.4, 0.5) is 10.1 Å². The molecule has 1 saturated carbocycles. The van der Waals surface area contributed by atoms with E-state index < -0.39 is 24.6 Å². The number of esters is 1. The average Bonchev–Trinajstić information content (AvgIpc) is 3.40. The summed E-state index contributed by atoms with van der Waals surface area (Å²) >= 11 is 0. The molecule has 7 nitrogen and oxygen atoms in total. The van der Waals surface area contributed by atoms with Gasteiger partial charge < -0.3 is 19.7 Å². The quantitative estimate of drug-likeness (QED) is 0.553. The zero-order valence-electron chi connectivity index (χ0n) is 17.9. The number of rotatable bonds is 11. The molecule has 0 bridgehead atoms. The number of amides is 1. The molecular formula is C22H32FN3O4. The number of ether oxygens (including phenoxy) is 2. The van der Waals surface area contributed by atoms with Crippen LogP contribution in [0.2, 0.25) is 0 Å². The first-order valence-corrected chi connectivity index (χ1v) is 10.9. The molecule has 1 aromatic rings. The molecule has 0 spiro atoms. The summed E-state index contributed by atoms with van der Waals surface area (Å²) in [6.07, 6.45) is 4.98. The highest BCUT2D eigenvalue weighted by atomic mass is 19.1. The Morgan fingerprint density at radius 3 is 2.63 bits per heavy atom. The summed E-state index contributed by atoms with van der Waals surface area (Å²) < 4.78 is 23.2. The normalized spacial score (nSPS) is 17.1. The maximum atomic E-state index is 12.8. The summed E-state index contributed by atoms with van der Waals surface area (Å²) in [5.41, 5.74) is 1.10. The lowest BCUT2D eigenvalue weighted by Crippen LogP contribution is -2.43. The van der Waals surface area contributed by atoms with E-state index in [2.05, 4.69) is 15.2 Å². The summed E-state index contributed by atoms with van der Waals surface area (Å²) in [5, 5.41) is 2.70. The molecule has 2 aliphatic rings. The number of nitrogens with one attached hydrogen (secondary N) is 1. The molecule has 1 N–H and O–H groups in total. The Hall–Kier alpha value is -2.38. The van der Waals surface area contributed by atoms with E-state index in [4.69, 9.17) is 9.47 Å². The lowest BCUT2D eigenvalue weighted by Gasteiger charge is -2.22. The first kappa shape index (κ1) is 22.3. The Kier molecular flexibility index (Phi) is 7.87. The molecule has 166 valence electrons. The van der Waals surface area contributed by atoms with Crippen LogP contribution in [0.5, 0.6) is 5.88 Å². The maximum Gasteiger partial charge on any atom is 0.328 e. The predicted molar refractivity (Wildman–Crippen MR) is 112 cm³/mol. The van der Waals surface area contributed by atoms with Gasteiger partial charge in [0.2, 0.25) is 5.88 Å². The second-order valence-electron chi connectivity index (χ2n) is 8.48. The number of hydrogen-bond acceptors (Lipinski definition) is 6. The largest absolute Gasteiger partial charge is 0.476 e. The number of carbonyl (C=O) groups is 2. The molecular weight excluding hydrogens is 389 g/mol. The molecule has 1 saturated heterocycles. The van der Waals surface area contributed by atoms with Gasteiger partial charge in [-0.25, -0.2) is 14.2 Å². The third-order valence-electron chi connectivity index (χ3n) is 5.29. The molecule has 1 aliphatic carbocycles. The highest BCUT2D eigenvalue weighted by Gasteiger charge is 2.27. The fourth-order valence-corrected chi connectivity index (χ4v) is 3.50. The average molecular weight is 422 g/mol. The van der Waals surface area contributed by atoms with E-state index in [1.54, 1.807) is 6.07 Å². The highest BCUT2D eigenvalue weighted by Crippen LogP contribution is 2.33. The van der Waals surface area contributed by atoms with Crippen molar-refractivity contribution >= 4 is 17.6 Å². The van der Waals surface area contributed by atoms with Crippen molar-refractivity contribution in [2.75, 3.05) is 37.9 Å². The number of carbonyl (C=O) groups excluding carboxylic acids is 2. The van der Waals surface area contributed by atoms with E-state index in [0.29, 0.717) is 24.8 Å². The number of hydrogen-bond donors (Lipinski definition) is 1. The fraction of sp³-hybridized carbons (Fsp3) is 0.682. The molecule has 1 aromatic heterocycles. The monoisotopic (exact) mass is 421 g/mol. The summed E-state index contributed by atoms with van der Waals surface area (Å²) in [7, 11) is 0. The van der Waals surface area contributed by atoms with Crippen LogP contribution >= 0.6 is 0 Å². The summed E-state index contributed by atoms with van der Waals surface area (Å²) in [6, 6.07) is 2.68. The molecule has 1 unspecified atom stereocenters. The SMILES string of the molecule is CC(C)CC(NC(=O)c1ccc(N2CCCC2)c(OCC2CC2)n1)C(=O)OCCF. The minimum atomic E-state index is -0.847. The van der Waals surface area contributed by atoms with E-state index in [0.717, 1.165) is 44.5 Å². The topological polar surface area (TPSA) is 80.8 Å². The van der Waals surface area contributed by atoms with E-state index in [1.165, 1.54) is 0 Å². The van der Waals surface area contributed by atoms with E-state index in [1.807, 2.05) is 19.9 Å². The van der Waals surface area contributed by atoms with Crippen molar-refractivity contribution in [1.29, 1.82) is 0 Å². The molecule has 1 aliphatic heterocycles. The van der Waals surface area contributed by atoms with Gasteiger partial charge >= 0.3 is 5.97 Å². The first-order valence-electron chi connectivity index (χ1n) is 10.9. The zero-order valence-corrected chi connectivity index (χ0v) is 17.9. The van der Waals surface area contributed by atoms with Crippen molar-refractivity contribution in [3.8, 4) is 5.88 Å².